The highest BCUT2D eigenvalue weighted by Crippen LogP contribution is 2.21. The maximum absolute atomic E-state index is 12.2. The monoisotopic (exact) mass is 396 g/mol. The minimum Gasteiger partial charge on any atom is -0.324 e. The van der Waals surface area contributed by atoms with Gasteiger partial charge in [-0.2, -0.15) is 0 Å². The highest BCUT2D eigenvalue weighted by Gasteiger charge is 2.09. The van der Waals surface area contributed by atoms with E-state index in [1.807, 2.05) is 42.5 Å². The molecule has 3 aromatic rings. The van der Waals surface area contributed by atoms with Crippen LogP contribution in [-0.4, -0.2) is 16.7 Å². The van der Waals surface area contributed by atoms with Crippen molar-refractivity contribution in [2.75, 3.05) is 5.32 Å². The number of anilines is 1. The number of ketones is 1. The van der Waals surface area contributed by atoms with Crippen LogP contribution in [-0.2, 0) is 4.79 Å². The molecule has 1 aromatic heterocycles. The fourth-order valence-electron chi connectivity index (χ4n) is 2.61. The third-order valence-electron chi connectivity index (χ3n) is 3.88. The van der Waals surface area contributed by atoms with Crippen LogP contribution in [0.15, 0.2) is 65.3 Å². The zero-order chi connectivity index (χ0) is 17.6. The molecule has 0 bridgehead atoms. The molecule has 25 heavy (non-hydrogen) atoms. The van der Waals surface area contributed by atoms with Crippen molar-refractivity contribution < 1.29 is 9.59 Å². The smallest absolute Gasteiger partial charge is 0.224 e. The Balaban J connectivity index is 1.54. The molecule has 1 amide bonds. The molecule has 0 fully saturated rings. The van der Waals surface area contributed by atoms with Crippen LogP contribution in [0.4, 0.5) is 5.69 Å². The van der Waals surface area contributed by atoms with E-state index in [1.165, 1.54) is 0 Å². The van der Waals surface area contributed by atoms with Gasteiger partial charge in [-0.25, -0.2) is 0 Å². The Morgan fingerprint density at radius 2 is 1.72 bits per heavy atom. The Hall–Kier alpha value is -2.53. The first-order chi connectivity index (χ1) is 12.1. The third-order valence-corrected chi connectivity index (χ3v) is 4.41. The molecule has 0 saturated carbocycles. The van der Waals surface area contributed by atoms with Gasteiger partial charge in [0.15, 0.2) is 5.78 Å². The molecule has 0 unspecified atom stereocenters. The lowest BCUT2D eigenvalue weighted by Gasteiger charge is -2.08. The largest absolute Gasteiger partial charge is 0.324 e. The van der Waals surface area contributed by atoms with E-state index in [4.69, 9.17) is 0 Å². The van der Waals surface area contributed by atoms with E-state index in [0.29, 0.717) is 30.5 Å². The highest BCUT2D eigenvalue weighted by atomic mass is 79.9. The van der Waals surface area contributed by atoms with Crippen molar-refractivity contribution in [1.82, 2.24) is 4.98 Å². The number of rotatable bonds is 6. The Bertz CT molecular complexity index is 902. The number of amides is 1. The molecule has 3 rings (SSSR count). The van der Waals surface area contributed by atoms with Gasteiger partial charge in [-0.3, -0.25) is 14.6 Å². The molecule has 126 valence electrons. The number of nitrogens with one attached hydrogen (secondary N) is 1. The highest BCUT2D eigenvalue weighted by molar-refractivity contribution is 9.10. The Kier molecular flexibility index (Phi) is 5.56. The summed E-state index contributed by atoms with van der Waals surface area (Å²) in [4.78, 5) is 28.6. The number of Topliss-reactive ketones (excluding diaryl/α,β-unsaturated/α-hetero) is 1. The molecule has 0 atom stereocenters. The van der Waals surface area contributed by atoms with E-state index in [0.717, 1.165) is 15.4 Å². The fraction of sp³-hybridized carbons (Fsp3) is 0.150. The van der Waals surface area contributed by atoms with E-state index >= 15 is 0 Å². The van der Waals surface area contributed by atoms with Gasteiger partial charge < -0.3 is 5.32 Å². The van der Waals surface area contributed by atoms with Gasteiger partial charge in [0.25, 0.3) is 0 Å². The summed E-state index contributed by atoms with van der Waals surface area (Å²) in [7, 11) is 0. The molecule has 4 nitrogen and oxygen atoms in total. The number of para-hydroxylation sites is 1. The number of pyridine rings is 1. The van der Waals surface area contributed by atoms with Crippen LogP contribution in [0.3, 0.4) is 0 Å². The summed E-state index contributed by atoms with van der Waals surface area (Å²) in [5.41, 5.74) is 2.13. The second kappa shape index (κ2) is 8.03. The van der Waals surface area contributed by atoms with Crippen LogP contribution in [0.2, 0.25) is 0 Å². The third kappa shape index (κ3) is 4.51. The van der Waals surface area contributed by atoms with E-state index in [9.17, 15) is 9.59 Å². The van der Waals surface area contributed by atoms with Crippen molar-refractivity contribution in [1.29, 1.82) is 0 Å². The first-order valence-electron chi connectivity index (χ1n) is 8.06. The predicted molar refractivity (Wildman–Crippen MR) is 103 cm³/mol. The van der Waals surface area contributed by atoms with Gasteiger partial charge in [-0.1, -0.05) is 46.3 Å². The molecule has 0 aliphatic rings. The molecule has 1 N–H and O–H groups in total. The number of fused-ring (bicyclic) bond motifs is 1. The number of carbonyl (C=O) groups is 2. The summed E-state index contributed by atoms with van der Waals surface area (Å²) in [6.45, 7) is 0. The zero-order valence-electron chi connectivity index (χ0n) is 13.5. The van der Waals surface area contributed by atoms with Crippen LogP contribution in [0, 0.1) is 0 Å². The van der Waals surface area contributed by atoms with E-state index in [2.05, 4.69) is 26.2 Å². The Morgan fingerprint density at radius 3 is 2.52 bits per heavy atom. The van der Waals surface area contributed by atoms with Gasteiger partial charge in [-0.15, -0.1) is 0 Å². The summed E-state index contributed by atoms with van der Waals surface area (Å²) < 4.78 is 0.937. The number of benzene rings is 2. The minimum absolute atomic E-state index is 0.0483. The summed E-state index contributed by atoms with van der Waals surface area (Å²) >= 11 is 3.35. The normalized spacial score (nSPS) is 10.6. The first-order valence-corrected chi connectivity index (χ1v) is 8.85. The van der Waals surface area contributed by atoms with Gasteiger partial charge in [0.1, 0.15) is 0 Å². The molecule has 1 heterocycles. The SMILES string of the molecule is O=C(CCCC(=O)c1ccc(Br)cc1)Nc1cccc2cccnc12. The molecule has 0 spiro atoms. The van der Waals surface area contributed by atoms with Gasteiger partial charge >= 0.3 is 0 Å². The van der Waals surface area contributed by atoms with Crippen LogP contribution < -0.4 is 5.32 Å². The number of aromatic nitrogens is 1. The predicted octanol–water partition coefficient (Wildman–Crippen LogP) is 4.99. The van der Waals surface area contributed by atoms with Gasteiger partial charge in [0.2, 0.25) is 5.91 Å². The number of hydrogen-bond donors (Lipinski definition) is 1. The minimum atomic E-state index is -0.109. The standard InChI is InChI=1S/C20H17BrN2O2/c21-16-11-9-14(10-12-16)18(24)7-2-8-19(25)23-17-6-1-4-15-5-3-13-22-20(15)17/h1,3-6,9-13H,2,7-8H2,(H,23,25). The van der Waals surface area contributed by atoms with Gasteiger partial charge in [0.05, 0.1) is 11.2 Å². The molecule has 0 aliphatic heterocycles. The quantitative estimate of drug-likeness (QED) is 0.597. The van der Waals surface area contributed by atoms with Crippen molar-refractivity contribution in [2.45, 2.75) is 19.3 Å². The Labute approximate surface area is 154 Å². The summed E-state index contributed by atoms with van der Waals surface area (Å²) in [6.07, 6.45) is 2.86. The van der Waals surface area contributed by atoms with Crippen molar-refractivity contribution in [3.8, 4) is 0 Å². The van der Waals surface area contributed by atoms with E-state index < -0.39 is 0 Å². The molecular formula is C20H17BrN2O2. The number of hydrogen-bond acceptors (Lipinski definition) is 3. The maximum atomic E-state index is 12.2. The van der Waals surface area contributed by atoms with Crippen LogP contribution in [0.5, 0.6) is 0 Å². The maximum Gasteiger partial charge on any atom is 0.224 e. The van der Waals surface area contributed by atoms with Gasteiger partial charge in [0, 0.05) is 34.5 Å². The van der Waals surface area contributed by atoms with E-state index in [1.54, 1.807) is 18.3 Å². The Morgan fingerprint density at radius 1 is 0.960 bits per heavy atom. The van der Waals surface area contributed by atoms with Crippen molar-refractivity contribution in [3.63, 3.8) is 0 Å². The number of halogens is 1. The summed E-state index contributed by atoms with van der Waals surface area (Å²) in [5.74, 6) is -0.0612. The first kappa shape index (κ1) is 17.3. The van der Waals surface area contributed by atoms with Crippen LogP contribution in [0.1, 0.15) is 29.6 Å². The molecule has 0 saturated heterocycles. The van der Waals surface area contributed by atoms with E-state index in [-0.39, 0.29) is 11.7 Å². The second-order valence-corrected chi connectivity index (χ2v) is 6.63. The van der Waals surface area contributed by atoms with Gasteiger partial charge in [-0.05, 0) is 30.7 Å². The molecule has 0 radical (unpaired) electrons. The average Bonchev–Trinajstić information content (AvgIpc) is 2.62. The zero-order valence-corrected chi connectivity index (χ0v) is 15.1. The molecule has 2 aromatic carbocycles. The lowest BCUT2D eigenvalue weighted by atomic mass is 10.1. The second-order valence-electron chi connectivity index (χ2n) is 5.71. The molecule has 5 heteroatoms. The summed E-state index contributed by atoms with van der Waals surface area (Å²) in [5, 5.41) is 3.86. The molecular weight excluding hydrogens is 380 g/mol. The lowest BCUT2D eigenvalue weighted by Crippen LogP contribution is -2.12. The average molecular weight is 397 g/mol. The fourth-order valence-corrected chi connectivity index (χ4v) is 2.87. The van der Waals surface area contributed by atoms with Crippen molar-refractivity contribution in [3.05, 3.63) is 70.8 Å². The van der Waals surface area contributed by atoms with Crippen LogP contribution >= 0.6 is 15.9 Å². The van der Waals surface area contributed by atoms with Crippen molar-refractivity contribution in [2.24, 2.45) is 0 Å². The van der Waals surface area contributed by atoms with Crippen LogP contribution in [0.25, 0.3) is 10.9 Å². The number of carbonyl (C=O) groups excluding carboxylic acids is 2. The topological polar surface area (TPSA) is 59.1 Å². The van der Waals surface area contributed by atoms with Crippen molar-refractivity contribution >= 4 is 44.2 Å². The lowest BCUT2D eigenvalue weighted by molar-refractivity contribution is -0.116. The number of nitrogens with zero attached hydrogens (tertiary/aromatic N) is 1. The molecule has 0 aliphatic carbocycles. The summed E-state index contributed by atoms with van der Waals surface area (Å²) in [6, 6.07) is 16.7.